The molecule has 2 rings (SSSR count). The summed E-state index contributed by atoms with van der Waals surface area (Å²) in [6, 6.07) is 9.86. The van der Waals surface area contributed by atoms with Gasteiger partial charge in [0.15, 0.2) is 0 Å². The summed E-state index contributed by atoms with van der Waals surface area (Å²) >= 11 is 0. The highest BCUT2D eigenvalue weighted by atomic mass is 16.6. The third-order valence-corrected chi connectivity index (χ3v) is 3.43. The number of carbonyl (C=O) groups excluding carboxylic acids is 1. The topological polar surface area (TPSA) is 53.0 Å². The van der Waals surface area contributed by atoms with Crippen LogP contribution in [0.2, 0.25) is 0 Å². The van der Waals surface area contributed by atoms with Crippen LogP contribution in [0.15, 0.2) is 30.3 Å². The van der Waals surface area contributed by atoms with Crippen LogP contribution in [0.5, 0.6) is 0 Å². The number of para-hydroxylation sites is 1. The molecule has 116 valence electrons. The number of aliphatic hydroxyl groups excluding tert-OH is 1. The highest BCUT2D eigenvalue weighted by Gasteiger charge is 2.31. The van der Waals surface area contributed by atoms with Gasteiger partial charge in [-0.15, -0.1) is 0 Å². The van der Waals surface area contributed by atoms with Gasteiger partial charge in [0.05, 0.1) is 12.6 Å². The van der Waals surface area contributed by atoms with Crippen molar-refractivity contribution in [2.75, 3.05) is 31.1 Å². The second-order valence-corrected chi connectivity index (χ2v) is 6.29. The van der Waals surface area contributed by atoms with Gasteiger partial charge in [-0.1, -0.05) is 18.2 Å². The van der Waals surface area contributed by atoms with Crippen LogP contribution in [0, 0.1) is 0 Å². The maximum Gasteiger partial charge on any atom is 0.410 e. The van der Waals surface area contributed by atoms with Crippen LogP contribution in [0.1, 0.15) is 20.8 Å². The minimum absolute atomic E-state index is 0.00813. The molecule has 0 unspecified atom stereocenters. The van der Waals surface area contributed by atoms with Gasteiger partial charge in [-0.25, -0.2) is 4.79 Å². The molecule has 1 atom stereocenters. The van der Waals surface area contributed by atoms with Crippen molar-refractivity contribution in [1.29, 1.82) is 0 Å². The Hall–Kier alpha value is -1.75. The molecule has 1 amide bonds. The van der Waals surface area contributed by atoms with Gasteiger partial charge in [-0.05, 0) is 32.9 Å². The van der Waals surface area contributed by atoms with Crippen LogP contribution < -0.4 is 4.90 Å². The first-order valence-corrected chi connectivity index (χ1v) is 7.31. The van der Waals surface area contributed by atoms with Gasteiger partial charge >= 0.3 is 6.09 Å². The molecule has 1 fully saturated rings. The van der Waals surface area contributed by atoms with Crippen molar-refractivity contribution >= 4 is 11.8 Å². The lowest BCUT2D eigenvalue weighted by atomic mass is 10.1. The minimum atomic E-state index is -0.498. The summed E-state index contributed by atoms with van der Waals surface area (Å²) in [5.41, 5.74) is 0.572. The van der Waals surface area contributed by atoms with E-state index in [-0.39, 0.29) is 18.7 Å². The van der Waals surface area contributed by atoms with E-state index in [2.05, 4.69) is 4.90 Å². The van der Waals surface area contributed by atoms with E-state index < -0.39 is 5.60 Å². The van der Waals surface area contributed by atoms with Gasteiger partial charge < -0.3 is 19.6 Å². The number of piperazine rings is 1. The molecule has 0 radical (unpaired) electrons. The van der Waals surface area contributed by atoms with Crippen LogP contribution in [-0.2, 0) is 4.74 Å². The summed E-state index contributed by atoms with van der Waals surface area (Å²) in [5.74, 6) is 0. The third-order valence-electron chi connectivity index (χ3n) is 3.43. The lowest BCUT2D eigenvalue weighted by Crippen LogP contribution is -2.57. The molecule has 5 heteroatoms. The number of nitrogens with zero attached hydrogens (tertiary/aromatic N) is 2. The normalized spacial score (nSPS) is 19.5. The Bertz CT molecular complexity index is 470. The molecule has 1 aromatic rings. The van der Waals surface area contributed by atoms with Crippen LogP contribution in [0.4, 0.5) is 10.5 Å². The zero-order valence-corrected chi connectivity index (χ0v) is 13.0. The van der Waals surface area contributed by atoms with Crippen LogP contribution in [0.3, 0.4) is 0 Å². The highest BCUT2D eigenvalue weighted by Crippen LogP contribution is 2.21. The van der Waals surface area contributed by atoms with E-state index in [0.29, 0.717) is 19.6 Å². The molecule has 1 heterocycles. The summed E-state index contributed by atoms with van der Waals surface area (Å²) in [5, 5.41) is 9.63. The Kier molecular flexibility index (Phi) is 4.73. The molecule has 1 aliphatic rings. The largest absolute Gasteiger partial charge is 0.444 e. The molecule has 1 N–H and O–H groups in total. The first-order chi connectivity index (χ1) is 9.90. The Morgan fingerprint density at radius 2 is 1.95 bits per heavy atom. The first-order valence-electron chi connectivity index (χ1n) is 7.31. The van der Waals surface area contributed by atoms with Gasteiger partial charge in [0.25, 0.3) is 0 Å². The van der Waals surface area contributed by atoms with E-state index in [1.807, 2.05) is 51.1 Å². The quantitative estimate of drug-likeness (QED) is 0.907. The van der Waals surface area contributed by atoms with Crippen LogP contribution in [0.25, 0.3) is 0 Å². The van der Waals surface area contributed by atoms with Crippen molar-refractivity contribution in [3.05, 3.63) is 30.3 Å². The van der Waals surface area contributed by atoms with Gasteiger partial charge in [0, 0.05) is 25.3 Å². The van der Waals surface area contributed by atoms with Gasteiger partial charge in [0.2, 0.25) is 0 Å². The van der Waals surface area contributed by atoms with Crippen molar-refractivity contribution in [2.24, 2.45) is 0 Å². The van der Waals surface area contributed by atoms with Crippen LogP contribution >= 0.6 is 0 Å². The molecule has 5 nitrogen and oxygen atoms in total. The van der Waals surface area contributed by atoms with Crippen molar-refractivity contribution in [3.8, 4) is 0 Å². The van der Waals surface area contributed by atoms with E-state index >= 15 is 0 Å². The van der Waals surface area contributed by atoms with E-state index in [4.69, 9.17) is 4.74 Å². The number of anilines is 1. The molecule has 21 heavy (non-hydrogen) atoms. The number of aliphatic hydroxyl groups is 1. The summed E-state index contributed by atoms with van der Waals surface area (Å²) in [6.45, 7) is 7.33. The van der Waals surface area contributed by atoms with Crippen molar-refractivity contribution < 1.29 is 14.6 Å². The molecule has 0 spiro atoms. The zero-order valence-electron chi connectivity index (χ0n) is 13.0. The number of hydrogen-bond acceptors (Lipinski definition) is 4. The predicted octanol–water partition coefficient (Wildman–Crippen LogP) is 2.10. The zero-order chi connectivity index (χ0) is 15.5. The second kappa shape index (κ2) is 6.35. The van der Waals surface area contributed by atoms with Gasteiger partial charge in [0.1, 0.15) is 5.60 Å². The van der Waals surface area contributed by atoms with Crippen molar-refractivity contribution in [2.45, 2.75) is 32.4 Å². The molecule has 1 aromatic carbocycles. The highest BCUT2D eigenvalue weighted by molar-refractivity contribution is 5.69. The Labute approximate surface area is 126 Å². The minimum Gasteiger partial charge on any atom is -0.444 e. The standard InChI is InChI=1S/C16H24N2O3/c1-16(2,3)21-15(20)17-9-10-18(14(11-17)12-19)13-7-5-4-6-8-13/h4-8,14,19H,9-12H2,1-3H3/t14-/m0/s1. The molecular formula is C16H24N2O3. The summed E-state index contributed by atoms with van der Waals surface area (Å²) in [6.07, 6.45) is -0.311. The molecule has 0 saturated carbocycles. The van der Waals surface area contributed by atoms with E-state index in [1.54, 1.807) is 4.90 Å². The smallest absolute Gasteiger partial charge is 0.410 e. The van der Waals surface area contributed by atoms with E-state index in [1.165, 1.54) is 0 Å². The summed E-state index contributed by atoms with van der Waals surface area (Å²) in [7, 11) is 0. The molecule has 0 aliphatic carbocycles. The van der Waals surface area contributed by atoms with E-state index in [9.17, 15) is 9.90 Å². The number of carbonyl (C=O) groups is 1. The fourth-order valence-corrected chi connectivity index (χ4v) is 2.46. The number of benzene rings is 1. The number of hydrogen-bond donors (Lipinski definition) is 1. The average Bonchev–Trinajstić information content (AvgIpc) is 2.45. The molecule has 1 saturated heterocycles. The maximum absolute atomic E-state index is 12.1. The fraction of sp³-hybridized carbons (Fsp3) is 0.562. The SMILES string of the molecule is CC(C)(C)OC(=O)N1CCN(c2ccccc2)[C@H](CO)C1. The number of ether oxygens (including phenoxy) is 1. The first kappa shape index (κ1) is 15.6. The van der Waals surface area contributed by atoms with Crippen molar-refractivity contribution in [1.82, 2.24) is 4.90 Å². The molecular weight excluding hydrogens is 268 g/mol. The Balaban J connectivity index is 2.03. The Morgan fingerprint density at radius 1 is 1.29 bits per heavy atom. The number of rotatable bonds is 2. The molecule has 1 aliphatic heterocycles. The van der Waals surface area contributed by atoms with Crippen LogP contribution in [-0.4, -0.2) is 54.0 Å². The van der Waals surface area contributed by atoms with E-state index in [0.717, 1.165) is 5.69 Å². The monoisotopic (exact) mass is 292 g/mol. The Morgan fingerprint density at radius 3 is 2.52 bits per heavy atom. The summed E-state index contributed by atoms with van der Waals surface area (Å²) in [4.78, 5) is 15.9. The third kappa shape index (κ3) is 4.11. The maximum atomic E-state index is 12.1. The van der Waals surface area contributed by atoms with Gasteiger partial charge in [-0.3, -0.25) is 0 Å². The molecule has 0 bridgehead atoms. The van der Waals surface area contributed by atoms with Gasteiger partial charge in [-0.2, -0.15) is 0 Å². The lowest BCUT2D eigenvalue weighted by Gasteiger charge is -2.42. The summed E-state index contributed by atoms with van der Waals surface area (Å²) < 4.78 is 5.40. The number of amides is 1. The fourth-order valence-electron chi connectivity index (χ4n) is 2.46. The predicted molar refractivity (Wildman–Crippen MR) is 82.5 cm³/mol. The molecule has 0 aromatic heterocycles. The lowest BCUT2D eigenvalue weighted by molar-refractivity contribution is 0.0197. The van der Waals surface area contributed by atoms with Crippen molar-refractivity contribution in [3.63, 3.8) is 0 Å². The average molecular weight is 292 g/mol. The second-order valence-electron chi connectivity index (χ2n) is 6.29.